The van der Waals surface area contributed by atoms with E-state index >= 15 is 0 Å². The van der Waals surface area contributed by atoms with E-state index in [1.54, 1.807) is 6.07 Å². The Bertz CT molecular complexity index is 318. The van der Waals surface area contributed by atoms with Crippen molar-refractivity contribution in [1.29, 1.82) is 0 Å². The predicted molar refractivity (Wildman–Crippen MR) is 51.9 cm³/mol. The molecule has 0 radical (unpaired) electrons. The summed E-state index contributed by atoms with van der Waals surface area (Å²) >= 11 is 8.72. The van der Waals surface area contributed by atoms with Crippen molar-refractivity contribution in [3.05, 3.63) is 33.3 Å². The van der Waals surface area contributed by atoms with Crippen molar-refractivity contribution < 1.29 is 64.3 Å². The van der Waals surface area contributed by atoms with Crippen LogP contribution in [0.5, 0.6) is 0 Å². The summed E-state index contributed by atoms with van der Waals surface area (Å²) in [6, 6.07) is 4.52. The molecule has 1 aromatic rings. The summed E-state index contributed by atoms with van der Waals surface area (Å²) < 4.78 is 36.6. The SMILES string of the molecule is F[B-](F)(F)Cc1cccc(Br)c1Cl.[K+]. The van der Waals surface area contributed by atoms with Gasteiger partial charge in [-0.05, 0) is 22.0 Å². The van der Waals surface area contributed by atoms with Gasteiger partial charge in [-0.3, -0.25) is 0 Å². The van der Waals surface area contributed by atoms with Gasteiger partial charge in [0.05, 0.1) is 5.02 Å². The summed E-state index contributed by atoms with van der Waals surface area (Å²) in [5.74, 6) is 0. The monoisotopic (exact) mass is 310 g/mol. The molecule has 0 aliphatic carbocycles. The zero-order valence-corrected chi connectivity index (χ0v) is 12.9. The third kappa shape index (κ3) is 5.01. The normalized spacial score (nSPS) is 10.9. The molecule has 0 atom stereocenters. The quantitative estimate of drug-likeness (QED) is 0.716. The van der Waals surface area contributed by atoms with E-state index in [0.717, 1.165) is 0 Å². The van der Waals surface area contributed by atoms with Gasteiger partial charge in [-0.25, -0.2) is 0 Å². The molecule has 0 aromatic heterocycles. The van der Waals surface area contributed by atoms with Gasteiger partial charge in [-0.1, -0.05) is 35.6 Å². The predicted octanol–water partition coefficient (Wildman–Crippen LogP) is 1.04. The van der Waals surface area contributed by atoms with Gasteiger partial charge in [0.15, 0.2) is 0 Å². The molecular weight excluding hydrogens is 306 g/mol. The van der Waals surface area contributed by atoms with Crippen molar-refractivity contribution in [3.63, 3.8) is 0 Å². The molecule has 0 aliphatic heterocycles. The third-order valence-electron chi connectivity index (χ3n) is 1.48. The Morgan fingerprint density at radius 3 is 2.36 bits per heavy atom. The van der Waals surface area contributed by atoms with Gasteiger partial charge >= 0.3 is 58.4 Å². The summed E-state index contributed by atoms with van der Waals surface area (Å²) in [6.07, 6.45) is -0.932. The second-order valence-electron chi connectivity index (χ2n) is 2.63. The van der Waals surface area contributed by atoms with Crippen molar-refractivity contribution in [2.75, 3.05) is 0 Å². The van der Waals surface area contributed by atoms with E-state index < -0.39 is 13.3 Å². The Morgan fingerprint density at radius 1 is 1.29 bits per heavy atom. The van der Waals surface area contributed by atoms with Crippen molar-refractivity contribution in [2.45, 2.75) is 6.32 Å². The molecule has 0 fully saturated rings. The first kappa shape index (κ1) is 15.5. The van der Waals surface area contributed by atoms with E-state index in [4.69, 9.17) is 11.6 Å². The van der Waals surface area contributed by atoms with Crippen LogP contribution in [0.3, 0.4) is 0 Å². The van der Waals surface area contributed by atoms with Gasteiger partial charge in [-0.15, -0.1) is 0 Å². The average molecular weight is 311 g/mol. The molecule has 0 saturated carbocycles. The van der Waals surface area contributed by atoms with Crippen molar-refractivity contribution in [2.24, 2.45) is 0 Å². The maximum absolute atomic E-state index is 12.0. The van der Waals surface area contributed by atoms with E-state index in [9.17, 15) is 12.9 Å². The maximum atomic E-state index is 12.0. The van der Waals surface area contributed by atoms with Crippen LogP contribution >= 0.6 is 27.5 Å². The topological polar surface area (TPSA) is 0 Å². The fourth-order valence-corrected chi connectivity index (χ4v) is 1.57. The van der Waals surface area contributed by atoms with Crippen LogP contribution in [0.2, 0.25) is 5.02 Å². The van der Waals surface area contributed by atoms with Crippen molar-refractivity contribution in [3.8, 4) is 0 Å². The smallest absolute Gasteiger partial charge is 0.449 e. The van der Waals surface area contributed by atoms with E-state index in [1.807, 2.05) is 0 Å². The number of hydrogen-bond acceptors (Lipinski definition) is 0. The molecule has 0 nitrogen and oxygen atoms in total. The summed E-state index contributed by atoms with van der Waals surface area (Å²) in [5, 5.41) is 0.140. The molecule has 72 valence electrons. The van der Waals surface area contributed by atoms with E-state index in [1.165, 1.54) is 12.1 Å². The molecule has 0 saturated heterocycles. The molecular formula is C7H5BBrClF3K. The minimum Gasteiger partial charge on any atom is -0.449 e. The van der Waals surface area contributed by atoms with Gasteiger partial charge in [0.1, 0.15) is 0 Å². The van der Waals surface area contributed by atoms with Crippen LogP contribution in [-0.2, 0) is 6.32 Å². The summed E-state index contributed by atoms with van der Waals surface area (Å²) in [4.78, 5) is 0. The standard InChI is InChI=1S/C7H5BBrClF3.K/c9-6-3-1-2-5(7(6)10)4-8(11,12)13;/h1-3H,4H2;/q-1;+1. The Kier molecular flexibility index (Phi) is 6.94. The molecule has 0 aliphatic rings. The van der Waals surface area contributed by atoms with Crippen LogP contribution in [0.15, 0.2) is 22.7 Å². The minimum absolute atomic E-state index is 0. The first-order chi connectivity index (χ1) is 5.90. The summed E-state index contributed by atoms with van der Waals surface area (Å²) in [7, 11) is 0. The fourth-order valence-electron chi connectivity index (χ4n) is 0.955. The number of halogens is 5. The maximum Gasteiger partial charge on any atom is 1.00 e. The average Bonchev–Trinajstić information content (AvgIpc) is 1.96. The van der Waals surface area contributed by atoms with Gasteiger partial charge < -0.3 is 12.9 Å². The second kappa shape index (κ2) is 6.27. The first-order valence-electron chi connectivity index (χ1n) is 3.54. The largest absolute Gasteiger partial charge is 1.00 e. The van der Waals surface area contributed by atoms with Crippen LogP contribution in [-0.4, -0.2) is 6.98 Å². The molecule has 0 unspecified atom stereocenters. The molecule has 0 heterocycles. The second-order valence-corrected chi connectivity index (χ2v) is 3.86. The van der Waals surface area contributed by atoms with Crippen LogP contribution in [0.25, 0.3) is 0 Å². The molecule has 1 rings (SSSR count). The zero-order valence-electron chi connectivity index (χ0n) is 7.41. The molecule has 0 N–H and O–H groups in total. The summed E-state index contributed by atoms with van der Waals surface area (Å²) in [6.45, 7) is -4.82. The Morgan fingerprint density at radius 2 is 1.86 bits per heavy atom. The zero-order chi connectivity index (χ0) is 10.1. The van der Waals surface area contributed by atoms with Gasteiger partial charge in [0.25, 0.3) is 0 Å². The number of rotatable bonds is 2. The van der Waals surface area contributed by atoms with Crippen LogP contribution in [0.1, 0.15) is 5.56 Å². The van der Waals surface area contributed by atoms with Gasteiger partial charge in [0.2, 0.25) is 0 Å². The van der Waals surface area contributed by atoms with Crippen LogP contribution < -0.4 is 51.4 Å². The fraction of sp³-hybridized carbons (Fsp3) is 0.143. The minimum atomic E-state index is -4.82. The molecule has 14 heavy (non-hydrogen) atoms. The van der Waals surface area contributed by atoms with Crippen LogP contribution in [0.4, 0.5) is 12.9 Å². The van der Waals surface area contributed by atoms with Crippen molar-refractivity contribution in [1.82, 2.24) is 0 Å². The Hall–Kier alpha value is 1.48. The van der Waals surface area contributed by atoms with E-state index in [0.29, 0.717) is 4.47 Å². The van der Waals surface area contributed by atoms with E-state index in [-0.39, 0.29) is 62.0 Å². The van der Waals surface area contributed by atoms with Gasteiger partial charge in [-0.2, -0.15) is 0 Å². The molecule has 7 heteroatoms. The first-order valence-corrected chi connectivity index (χ1v) is 4.71. The summed E-state index contributed by atoms with van der Waals surface area (Å²) in [5.41, 5.74) is 0.114. The third-order valence-corrected chi connectivity index (χ3v) is 2.82. The molecule has 0 spiro atoms. The van der Waals surface area contributed by atoms with E-state index in [2.05, 4.69) is 15.9 Å². The van der Waals surface area contributed by atoms with Crippen molar-refractivity contribution >= 4 is 34.5 Å². The van der Waals surface area contributed by atoms with Crippen LogP contribution in [0, 0.1) is 0 Å². The number of benzene rings is 1. The molecule has 1 aromatic carbocycles. The Labute approximate surface area is 136 Å². The van der Waals surface area contributed by atoms with Gasteiger partial charge in [0, 0.05) is 4.47 Å². The number of hydrogen-bond donors (Lipinski definition) is 0. The Balaban J connectivity index is 0.00000169. The molecule has 0 amide bonds. The molecule has 0 bridgehead atoms.